The van der Waals surface area contributed by atoms with Gasteiger partial charge < -0.3 is 19.9 Å². The Balaban J connectivity index is 1.62. The molecule has 0 bridgehead atoms. The molecule has 3 heterocycles. The van der Waals surface area contributed by atoms with Gasteiger partial charge in [0.25, 0.3) is 17.7 Å². The highest BCUT2D eigenvalue weighted by atomic mass is 28.4. The number of amides is 3. The molecule has 0 spiro atoms. The average Bonchev–Trinajstić information content (AvgIpc) is 3.02. The van der Waals surface area contributed by atoms with Gasteiger partial charge in [0.2, 0.25) is 5.43 Å². The number of nitrogens with zero attached hydrogens (tertiary/aromatic N) is 3. The maximum absolute atomic E-state index is 13.4. The first-order valence-electron chi connectivity index (χ1n) is 11.4. The number of fused-ring (bicyclic) bond motifs is 2. The summed E-state index contributed by atoms with van der Waals surface area (Å²) in [5, 5.41) is 10.3. The number of carbonyl (C=O) groups excluding carboxylic acids is 3. The zero-order valence-electron chi connectivity index (χ0n) is 20.5. The quantitative estimate of drug-likeness (QED) is 0.463. The van der Waals surface area contributed by atoms with Gasteiger partial charge in [-0.05, 0) is 30.3 Å². The van der Waals surface area contributed by atoms with Crippen LogP contribution in [0, 0.1) is 0 Å². The van der Waals surface area contributed by atoms with Gasteiger partial charge in [-0.15, -0.1) is 0 Å². The lowest BCUT2D eigenvalue weighted by molar-refractivity contribution is 0.0468. The monoisotopic (exact) mass is 498 g/mol. The lowest BCUT2D eigenvalue weighted by Crippen LogP contribution is -2.59. The third-order valence-electron chi connectivity index (χ3n) is 7.04. The summed E-state index contributed by atoms with van der Waals surface area (Å²) in [7, 11) is -2.11. The Kier molecular flexibility index (Phi) is 6.10. The summed E-state index contributed by atoms with van der Waals surface area (Å²) in [4.78, 5) is 53.8. The zero-order valence-corrected chi connectivity index (χ0v) is 21.5. The van der Waals surface area contributed by atoms with Crippen molar-refractivity contribution in [1.82, 2.24) is 14.5 Å². The number of nitrogens with one attached hydrogen (secondary N) is 1. The number of carbonyl (C=O) groups is 3. The third kappa shape index (κ3) is 4.25. The lowest BCUT2D eigenvalue weighted by Gasteiger charge is -2.41. The summed E-state index contributed by atoms with van der Waals surface area (Å²) in [6, 6.07) is 7.70. The Morgan fingerprint density at radius 3 is 2.17 bits per heavy atom. The molecule has 0 radical (unpaired) electrons. The molecule has 4 rings (SSSR count). The van der Waals surface area contributed by atoms with E-state index in [2.05, 4.69) is 39.3 Å². The largest absolute Gasteiger partial charge is 0.502 e. The molecule has 11 heteroatoms. The van der Waals surface area contributed by atoms with Gasteiger partial charge in [0.15, 0.2) is 19.8 Å². The average molecular weight is 499 g/mol. The second-order valence-corrected chi connectivity index (χ2v) is 15.1. The van der Waals surface area contributed by atoms with Crippen molar-refractivity contribution in [2.45, 2.75) is 45.1 Å². The summed E-state index contributed by atoms with van der Waals surface area (Å²) in [5.41, 5.74) is 2.80. The molecule has 2 N–H and O–H groups in total. The van der Waals surface area contributed by atoms with E-state index in [0.29, 0.717) is 11.1 Å². The van der Waals surface area contributed by atoms with Gasteiger partial charge in [-0.3, -0.25) is 28.8 Å². The minimum atomic E-state index is -2.11. The number of aromatic nitrogens is 1. The van der Waals surface area contributed by atoms with Crippen LogP contribution in [0.2, 0.25) is 18.1 Å². The fourth-order valence-electron chi connectivity index (χ4n) is 3.94. The van der Waals surface area contributed by atoms with Crippen LogP contribution in [0.4, 0.5) is 0 Å². The minimum Gasteiger partial charge on any atom is -0.502 e. The predicted octanol–water partition coefficient (Wildman–Crippen LogP) is 2.20. The van der Waals surface area contributed by atoms with E-state index in [0.717, 1.165) is 11.0 Å². The highest BCUT2D eigenvalue weighted by Crippen LogP contribution is 2.36. The van der Waals surface area contributed by atoms with E-state index in [1.165, 1.54) is 15.8 Å². The van der Waals surface area contributed by atoms with E-state index in [9.17, 15) is 24.3 Å². The zero-order chi connectivity index (χ0) is 25.7. The van der Waals surface area contributed by atoms with Gasteiger partial charge >= 0.3 is 0 Å². The van der Waals surface area contributed by atoms with Gasteiger partial charge in [-0.2, -0.15) is 0 Å². The van der Waals surface area contributed by atoms with E-state index in [1.54, 1.807) is 24.3 Å². The van der Waals surface area contributed by atoms with Gasteiger partial charge in [0.05, 0.1) is 24.3 Å². The maximum Gasteiger partial charge on any atom is 0.278 e. The number of hydrogen-bond acceptors (Lipinski definition) is 7. The fourth-order valence-corrected chi connectivity index (χ4v) is 4.97. The SMILES string of the molecule is CC(C)(C)[Si](C)(C)OCCN1C(=O)c2c(O)c(=O)ccn2NC1CN1C(=O)c2ccccc2C1=O. The van der Waals surface area contributed by atoms with Crippen LogP contribution in [-0.2, 0) is 4.43 Å². The third-order valence-corrected chi connectivity index (χ3v) is 11.6. The Labute approximate surface area is 204 Å². The smallest absolute Gasteiger partial charge is 0.278 e. The molecule has 2 aliphatic rings. The molecule has 186 valence electrons. The van der Waals surface area contributed by atoms with E-state index in [4.69, 9.17) is 4.43 Å². The molecule has 1 atom stereocenters. The Bertz CT molecular complexity index is 1230. The first kappa shape index (κ1) is 24.7. The first-order valence-corrected chi connectivity index (χ1v) is 14.4. The molecule has 1 unspecified atom stereocenters. The molecule has 1 aromatic carbocycles. The van der Waals surface area contributed by atoms with Gasteiger partial charge in [0, 0.05) is 18.8 Å². The Morgan fingerprint density at radius 1 is 1.00 bits per heavy atom. The molecule has 0 saturated carbocycles. The van der Waals surface area contributed by atoms with E-state index in [-0.39, 0.29) is 30.4 Å². The van der Waals surface area contributed by atoms with Crippen LogP contribution in [0.25, 0.3) is 0 Å². The van der Waals surface area contributed by atoms with Crippen LogP contribution >= 0.6 is 0 Å². The van der Waals surface area contributed by atoms with Crippen LogP contribution in [0.5, 0.6) is 5.75 Å². The summed E-state index contributed by atoms with van der Waals surface area (Å²) >= 11 is 0. The topological polar surface area (TPSA) is 121 Å². The highest BCUT2D eigenvalue weighted by Gasteiger charge is 2.42. The Hall–Kier alpha value is -3.44. The summed E-state index contributed by atoms with van der Waals surface area (Å²) in [5.74, 6) is -2.14. The molecule has 0 saturated heterocycles. The molecular formula is C24H30N4O6Si. The Morgan fingerprint density at radius 2 is 1.60 bits per heavy atom. The van der Waals surface area contributed by atoms with Crippen LogP contribution in [0.3, 0.4) is 0 Å². The molecule has 3 amide bonds. The standard InChI is InChI=1S/C24H30N4O6Si/c1-24(2,3)35(4,5)34-13-12-26-18(25-28-11-10-17(29)20(30)19(28)23(26)33)14-27-21(31)15-8-6-7-9-16(15)22(27)32/h6-11,18,25,30H,12-14H2,1-5H3. The molecule has 0 aliphatic carbocycles. The molecular weight excluding hydrogens is 468 g/mol. The predicted molar refractivity (Wildman–Crippen MR) is 132 cm³/mol. The number of pyridine rings is 1. The second-order valence-electron chi connectivity index (χ2n) is 10.3. The van der Waals surface area contributed by atoms with Crippen LogP contribution in [0.1, 0.15) is 52.0 Å². The molecule has 35 heavy (non-hydrogen) atoms. The lowest BCUT2D eigenvalue weighted by atomic mass is 10.1. The van der Waals surface area contributed by atoms with Crippen LogP contribution in [0.15, 0.2) is 41.3 Å². The van der Waals surface area contributed by atoms with Crippen molar-refractivity contribution in [3.8, 4) is 5.75 Å². The molecule has 2 aliphatic heterocycles. The van der Waals surface area contributed by atoms with E-state index >= 15 is 0 Å². The summed E-state index contributed by atoms with van der Waals surface area (Å²) < 4.78 is 7.49. The fraction of sp³-hybridized carbons (Fsp3) is 0.417. The van der Waals surface area contributed by atoms with Crippen molar-refractivity contribution in [2.75, 3.05) is 25.1 Å². The van der Waals surface area contributed by atoms with Crippen molar-refractivity contribution < 1.29 is 23.9 Å². The van der Waals surface area contributed by atoms with Crippen molar-refractivity contribution in [2.24, 2.45) is 0 Å². The van der Waals surface area contributed by atoms with Gasteiger partial charge in [-0.1, -0.05) is 32.9 Å². The van der Waals surface area contributed by atoms with Gasteiger partial charge in [-0.25, -0.2) is 0 Å². The number of benzene rings is 1. The number of imide groups is 1. The van der Waals surface area contributed by atoms with Crippen molar-refractivity contribution in [3.05, 3.63) is 63.6 Å². The summed E-state index contributed by atoms with van der Waals surface area (Å²) in [6.45, 7) is 10.8. The minimum absolute atomic E-state index is 0.0328. The summed E-state index contributed by atoms with van der Waals surface area (Å²) in [6.07, 6.45) is 0.538. The van der Waals surface area contributed by atoms with E-state index < -0.39 is 43.4 Å². The molecule has 2 aromatic rings. The van der Waals surface area contributed by atoms with Crippen LogP contribution in [-0.4, -0.2) is 71.5 Å². The highest BCUT2D eigenvalue weighted by molar-refractivity contribution is 6.74. The van der Waals surface area contributed by atoms with Crippen molar-refractivity contribution in [3.63, 3.8) is 0 Å². The van der Waals surface area contributed by atoms with Crippen molar-refractivity contribution in [1.29, 1.82) is 0 Å². The molecule has 10 nitrogen and oxygen atoms in total. The molecule has 0 fully saturated rings. The normalized spacial score (nSPS) is 18.0. The number of hydrogen-bond donors (Lipinski definition) is 2. The van der Waals surface area contributed by atoms with Crippen LogP contribution < -0.4 is 10.9 Å². The second kappa shape index (κ2) is 8.65. The maximum atomic E-state index is 13.4. The molecule has 1 aromatic heterocycles. The van der Waals surface area contributed by atoms with E-state index in [1.807, 2.05) is 0 Å². The number of rotatable bonds is 6. The van der Waals surface area contributed by atoms with Crippen molar-refractivity contribution >= 4 is 26.0 Å². The number of aromatic hydroxyl groups is 1. The van der Waals surface area contributed by atoms with Gasteiger partial charge in [0.1, 0.15) is 6.17 Å². The first-order chi connectivity index (χ1) is 16.3.